The van der Waals surface area contributed by atoms with Gasteiger partial charge in [-0.15, -0.1) is 11.3 Å². The molecule has 0 saturated carbocycles. The maximum absolute atomic E-state index is 12.4. The lowest BCUT2D eigenvalue weighted by Gasteiger charge is -2.03. The Labute approximate surface area is 141 Å². The molecule has 1 aromatic heterocycles. The second kappa shape index (κ2) is 6.59. The summed E-state index contributed by atoms with van der Waals surface area (Å²) in [6, 6.07) is 15.4. The van der Waals surface area contributed by atoms with Gasteiger partial charge in [-0.05, 0) is 19.1 Å². The molecule has 0 atom stereocenters. The molecule has 7 heteroatoms. The van der Waals surface area contributed by atoms with Crippen molar-refractivity contribution in [3.05, 3.63) is 75.3 Å². The van der Waals surface area contributed by atoms with Gasteiger partial charge in [-0.2, -0.15) is 0 Å². The molecule has 2 aromatic carbocycles. The monoisotopic (exact) mass is 339 g/mol. The molecule has 3 rings (SSSR count). The number of non-ortho nitro benzene ring substituents is 1. The quantitative estimate of drug-likeness (QED) is 0.568. The summed E-state index contributed by atoms with van der Waals surface area (Å²) in [5, 5.41) is 14.2. The third kappa shape index (κ3) is 3.31. The minimum Gasteiger partial charge on any atom is -0.321 e. The Bertz CT molecular complexity index is 889. The van der Waals surface area contributed by atoms with Crippen LogP contribution in [0.4, 0.5) is 11.4 Å². The number of rotatable bonds is 4. The number of benzene rings is 2. The van der Waals surface area contributed by atoms with Crippen LogP contribution in [-0.2, 0) is 0 Å². The number of aryl methyl sites for hydroxylation is 1. The summed E-state index contributed by atoms with van der Waals surface area (Å²) in [7, 11) is 0. The second-order valence-electron chi connectivity index (χ2n) is 5.06. The van der Waals surface area contributed by atoms with E-state index in [0.29, 0.717) is 16.3 Å². The van der Waals surface area contributed by atoms with Gasteiger partial charge < -0.3 is 5.32 Å². The van der Waals surface area contributed by atoms with Crippen LogP contribution in [0.5, 0.6) is 0 Å². The molecule has 0 aliphatic rings. The van der Waals surface area contributed by atoms with Crippen molar-refractivity contribution in [2.45, 2.75) is 6.92 Å². The van der Waals surface area contributed by atoms with Crippen LogP contribution in [-0.4, -0.2) is 15.8 Å². The molecule has 0 aliphatic heterocycles. The average Bonchev–Trinajstić information content (AvgIpc) is 2.98. The number of carbonyl (C=O) groups excluding carboxylic acids is 1. The van der Waals surface area contributed by atoms with Gasteiger partial charge in [-0.3, -0.25) is 14.9 Å². The van der Waals surface area contributed by atoms with Gasteiger partial charge in [-0.25, -0.2) is 4.98 Å². The number of hydrogen-bond donors (Lipinski definition) is 1. The van der Waals surface area contributed by atoms with E-state index in [1.807, 2.05) is 30.3 Å². The number of thiazole rings is 1. The van der Waals surface area contributed by atoms with E-state index < -0.39 is 4.92 Å². The third-order valence-corrected chi connectivity index (χ3v) is 4.56. The normalized spacial score (nSPS) is 10.4. The van der Waals surface area contributed by atoms with E-state index in [4.69, 9.17) is 0 Å². The van der Waals surface area contributed by atoms with E-state index in [9.17, 15) is 14.9 Å². The molecule has 1 N–H and O–H groups in total. The Morgan fingerprint density at radius 1 is 1.12 bits per heavy atom. The van der Waals surface area contributed by atoms with Crippen LogP contribution in [0.25, 0.3) is 10.6 Å². The fourth-order valence-corrected chi connectivity index (χ4v) is 3.13. The van der Waals surface area contributed by atoms with Crippen molar-refractivity contribution in [1.29, 1.82) is 0 Å². The van der Waals surface area contributed by atoms with E-state index in [0.717, 1.165) is 10.6 Å². The average molecular weight is 339 g/mol. The number of anilines is 1. The molecule has 1 amide bonds. The molecule has 0 saturated heterocycles. The zero-order valence-corrected chi connectivity index (χ0v) is 13.5. The zero-order valence-electron chi connectivity index (χ0n) is 12.7. The molecule has 0 bridgehead atoms. The standard InChI is InChI=1S/C17H13N3O3S/c1-11-15(24-17(18-11)12-5-3-2-4-6-12)16(21)19-13-7-9-14(10-8-13)20(22)23/h2-10H,1H3,(H,19,21). The summed E-state index contributed by atoms with van der Waals surface area (Å²) in [6.07, 6.45) is 0. The number of nitro benzene ring substituents is 1. The van der Waals surface area contributed by atoms with Crippen LogP contribution >= 0.6 is 11.3 Å². The van der Waals surface area contributed by atoms with E-state index in [1.54, 1.807) is 6.92 Å². The van der Waals surface area contributed by atoms with E-state index in [1.165, 1.54) is 35.6 Å². The maximum atomic E-state index is 12.4. The Hall–Kier alpha value is -3.06. The van der Waals surface area contributed by atoms with Crippen LogP contribution in [0.15, 0.2) is 54.6 Å². The Morgan fingerprint density at radius 2 is 1.79 bits per heavy atom. The Kier molecular flexibility index (Phi) is 4.35. The minimum absolute atomic E-state index is 0.0201. The highest BCUT2D eigenvalue weighted by molar-refractivity contribution is 7.17. The SMILES string of the molecule is Cc1nc(-c2ccccc2)sc1C(=O)Nc1ccc([N+](=O)[O-])cc1. The van der Waals surface area contributed by atoms with Gasteiger partial charge in [0.05, 0.1) is 10.6 Å². The highest BCUT2D eigenvalue weighted by Gasteiger charge is 2.16. The summed E-state index contributed by atoms with van der Waals surface area (Å²) in [6.45, 7) is 1.79. The number of nitrogens with zero attached hydrogens (tertiary/aromatic N) is 2. The fourth-order valence-electron chi connectivity index (χ4n) is 2.17. The lowest BCUT2D eigenvalue weighted by molar-refractivity contribution is -0.384. The number of hydrogen-bond acceptors (Lipinski definition) is 5. The van der Waals surface area contributed by atoms with E-state index in [2.05, 4.69) is 10.3 Å². The number of nitro groups is 1. The number of amides is 1. The molecular weight excluding hydrogens is 326 g/mol. The third-order valence-electron chi connectivity index (χ3n) is 3.36. The number of aromatic nitrogens is 1. The molecule has 1 heterocycles. The molecule has 0 unspecified atom stereocenters. The van der Waals surface area contributed by atoms with E-state index in [-0.39, 0.29) is 11.6 Å². The molecular formula is C17H13N3O3S. The molecule has 0 fully saturated rings. The van der Waals surface area contributed by atoms with Gasteiger partial charge in [0.1, 0.15) is 9.88 Å². The first-order valence-corrected chi connectivity index (χ1v) is 7.95. The predicted molar refractivity (Wildman–Crippen MR) is 93.3 cm³/mol. The summed E-state index contributed by atoms with van der Waals surface area (Å²) in [4.78, 5) is 27.6. The smallest absolute Gasteiger partial charge is 0.269 e. The summed E-state index contributed by atoms with van der Waals surface area (Å²) in [5.41, 5.74) is 2.09. The number of nitrogens with one attached hydrogen (secondary N) is 1. The molecule has 0 aliphatic carbocycles. The highest BCUT2D eigenvalue weighted by atomic mass is 32.1. The van der Waals surface area contributed by atoms with Gasteiger partial charge in [0.15, 0.2) is 0 Å². The van der Waals surface area contributed by atoms with Gasteiger partial charge in [-0.1, -0.05) is 30.3 Å². The topological polar surface area (TPSA) is 85.1 Å². The van der Waals surface area contributed by atoms with Crippen LogP contribution < -0.4 is 5.32 Å². The summed E-state index contributed by atoms with van der Waals surface area (Å²) >= 11 is 1.32. The van der Waals surface area contributed by atoms with Crippen LogP contribution in [0, 0.1) is 17.0 Å². The highest BCUT2D eigenvalue weighted by Crippen LogP contribution is 2.28. The van der Waals surface area contributed by atoms with Gasteiger partial charge in [0.2, 0.25) is 0 Å². The number of carbonyl (C=O) groups is 1. The van der Waals surface area contributed by atoms with Crippen LogP contribution in [0.1, 0.15) is 15.4 Å². The van der Waals surface area contributed by atoms with Crippen molar-refractivity contribution < 1.29 is 9.72 Å². The molecule has 24 heavy (non-hydrogen) atoms. The van der Waals surface area contributed by atoms with Crippen LogP contribution in [0.3, 0.4) is 0 Å². The lowest BCUT2D eigenvalue weighted by atomic mass is 10.2. The fraction of sp³-hybridized carbons (Fsp3) is 0.0588. The van der Waals surface area contributed by atoms with Crippen molar-refractivity contribution in [3.8, 4) is 10.6 Å². The van der Waals surface area contributed by atoms with Gasteiger partial charge >= 0.3 is 0 Å². The van der Waals surface area contributed by atoms with Crippen molar-refractivity contribution >= 4 is 28.6 Å². The van der Waals surface area contributed by atoms with Gasteiger partial charge in [0.25, 0.3) is 11.6 Å². The Balaban J connectivity index is 1.80. The molecule has 6 nitrogen and oxygen atoms in total. The first-order valence-electron chi connectivity index (χ1n) is 7.13. The molecule has 120 valence electrons. The van der Waals surface area contributed by atoms with Crippen molar-refractivity contribution in [1.82, 2.24) is 4.98 Å². The van der Waals surface area contributed by atoms with Crippen molar-refractivity contribution in [2.24, 2.45) is 0 Å². The van der Waals surface area contributed by atoms with Gasteiger partial charge in [0, 0.05) is 23.4 Å². The van der Waals surface area contributed by atoms with E-state index >= 15 is 0 Å². The van der Waals surface area contributed by atoms with Crippen molar-refractivity contribution in [3.63, 3.8) is 0 Å². The Morgan fingerprint density at radius 3 is 2.42 bits per heavy atom. The van der Waals surface area contributed by atoms with Crippen LogP contribution in [0.2, 0.25) is 0 Å². The molecule has 0 spiro atoms. The zero-order chi connectivity index (χ0) is 17.1. The molecule has 0 radical (unpaired) electrons. The minimum atomic E-state index is -0.481. The molecule has 3 aromatic rings. The summed E-state index contributed by atoms with van der Waals surface area (Å²) < 4.78 is 0. The first kappa shape index (κ1) is 15.8. The van der Waals surface area contributed by atoms with Crippen molar-refractivity contribution in [2.75, 3.05) is 5.32 Å². The summed E-state index contributed by atoms with van der Waals surface area (Å²) in [5.74, 6) is -0.277. The first-order chi connectivity index (χ1) is 11.5. The second-order valence-corrected chi connectivity index (χ2v) is 6.06. The largest absolute Gasteiger partial charge is 0.321 e. The maximum Gasteiger partial charge on any atom is 0.269 e. The predicted octanol–water partition coefficient (Wildman–Crippen LogP) is 4.28. The lowest BCUT2D eigenvalue weighted by Crippen LogP contribution is -2.11.